The molecule has 16 heteroatoms. The monoisotopic (exact) mass is 548 g/mol. The van der Waals surface area contributed by atoms with Gasteiger partial charge in [0, 0.05) is 23.0 Å². The predicted octanol–water partition coefficient (Wildman–Crippen LogP) is 0.171. The molecule has 4 rings (SSSR count). The van der Waals surface area contributed by atoms with Gasteiger partial charge in [-0.15, -0.1) is 33.7 Å². The van der Waals surface area contributed by atoms with Crippen LogP contribution in [0.1, 0.15) is 5.69 Å². The lowest BCUT2D eigenvalue weighted by molar-refractivity contribution is -0.150. The minimum atomic E-state index is -1.27. The highest BCUT2D eigenvalue weighted by Gasteiger charge is 2.54. The van der Waals surface area contributed by atoms with E-state index in [4.69, 9.17) is 11.5 Å². The van der Waals surface area contributed by atoms with Gasteiger partial charge in [0.15, 0.2) is 5.71 Å². The van der Waals surface area contributed by atoms with Crippen molar-refractivity contribution in [3.63, 3.8) is 0 Å². The van der Waals surface area contributed by atoms with Crippen LogP contribution in [0.5, 0.6) is 0 Å². The van der Waals surface area contributed by atoms with Gasteiger partial charge in [0.25, 0.3) is 11.8 Å². The van der Waals surface area contributed by atoms with E-state index in [9.17, 15) is 24.7 Å². The quantitative estimate of drug-likeness (QED) is 0.0931. The first kappa shape index (κ1) is 25.7. The predicted molar refractivity (Wildman–Crippen MR) is 134 cm³/mol. The van der Waals surface area contributed by atoms with E-state index in [1.54, 1.807) is 12.1 Å². The second kappa shape index (κ2) is 11.2. The Morgan fingerprint density at radius 1 is 1.25 bits per heavy atom. The van der Waals surface area contributed by atoms with Crippen LogP contribution in [0.25, 0.3) is 0 Å². The van der Waals surface area contributed by atoms with Gasteiger partial charge in [-0.25, -0.2) is 9.78 Å². The number of nitrogens with one attached hydrogen (secondary N) is 1. The van der Waals surface area contributed by atoms with Gasteiger partial charge in [0.2, 0.25) is 0 Å². The molecule has 13 nitrogen and oxygen atoms in total. The number of fused-ring (bicyclic) bond motifs is 1. The largest absolute Gasteiger partial charge is 0.477 e. The number of aliphatic carboxylic acids is 1. The summed E-state index contributed by atoms with van der Waals surface area (Å²) in [6.45, 7) is 0.507. The molecule has 0 saturated carbocycles. The van der Waals surface area contributed by atoms with Gasteiger partial charge in [-0.2, -0.15) is 0 Å². The Balaban J connectivity index is 1.48. The Hall–Kier alpha value is -3.34. The number of nitrogen functional groups attached to an aromatic ring is 1. The summed E-state index contributed by atoms with van der Waals surface area (Å²) in [5, 5.41) is 33.4. The third-order valence-corrected chi connectivity index (χ3v) is 8.39. The molecule has 1 saturated heterocycles. The normalized spacial score (nSPS) is 19.5. The van der Waals surface area contributed by atoms with Crippen LogP contribution in [0.15, 0.2) is 56.1 Å². The summed E-state index contributed by atoms with van der Waals surface area (Å²) >= 11 is 3.86. The number of nitrogens with zero attached hydrogens (tertiary/aromatic N) is 5. The van der Waals surface area contributed by atoms with Crippen LogP contribution in [0.4, 0.5) is 5.82 Å². The molecular weight excluding hydrogens is 528 g/mol. The number of aromatic nitrogens is 3. The van der Waals surface area contributed by atoms with E-state index in [1.807, 2.05) is 0 Å². The van der Waals surface area contributed by atoms with Crippen molar-refractivity contribution < 1.29 is 24.7 Å². The summed E-state index contributed by atoms with van der Waals surface area (Å²) in [5.41, 5.74) is 10.5. The van der Waals surface area contributed by atoms with Gasteiger partial charge in [-0.3, -0.25) is 14.5 Å². The van der Waals surface area contributed by atoms with E-state index in [1.165, 1.54) is 41.7 Å². The second-order valence-electron chi connectivity index (χ2n) is 7.28. The van der Waals surface area contributed by atoms with Crippen LogP contribution in [0.2, 0.25) is 0 Å². The molecule has 2 aromatic heterocycles. The van der Waals surface area contributed by atoms with E-state index in [2.05, 4.69) is 25.7 Å². The average molecular weight is 549 g/mol. The molecule has 2 aromatic rings. The lowest BCUT2D eigenvalue weighted by Gasteiger charge is -2.49. The zero-order valence-corrected chi connectivity index (χ0v) is 20.8. The number of anilines is 1. The molecule has 0 radical (unpaired) electrons. The number of oxime groups is 1. The maximum atomic E-state index is 12.9. The number of β-lactam (4-membered cyclic amide) rings is 1. The SMILES string of the molecule is NCCSc1ccc(SC2=C(C(=O)O)N3C(=O)[C@@H](NC(=O)/C(=N/O)c4cccc(N)n4)C3SC2)nn1. The number of hydrogen-bond acceptors (Lipinski definition) is 13. The van der Waals surface area contributed by atoms with E-state index in [0.29, 0.717) is 27.3 Å². The standard InChI is InChI=1S/C20H20N8O5S3/c21-6-7-34-12-4-5-13(26-25-12)36-10-8-35-19-15(18(30)28(19)16(10)20(31)32)24-17(29)14(27-33)9-2-1-3-11(22)23-9/h1-5,15,19,33H,6-8,21H2,(H2,22,23)(H,24,29)(H,31,32)/b27-14+/t15-,19?/m1/s1. The minimum absolute atomic E-state index is 0.0216. The molecule has 1 unspecified atom stereocenters. The molecule has 0 aromatic carbocycles. The van der Waals surface area contributed by atoms with Gasteiger partial charge in [0.05, 0.1) is 0 Å². The van der Waals surface area contributed by atoms with Crippen molar-refractivity contribution in [2.75, 3.05) is 23.8 Å². The minimum Gasteiger partial charge on any atom is -0.477 e. The van der Waals surface area contributed by atoms with E-state index in [-0.39, 0.29) is 23.0 Å². The first-order chi connectivity index (χ1) is 17.3. The molecule has 0 bridgehead atoms. The van der Waals surface area contributed by atoms with Gasteiger partial charge < -0.3 is 27.1 Å². The van der Waals surface area contributed by atoms with Gasteiger partial charge in [-0.1, -0.05) is 23.0 Å². The Morgan fingerprint density at radius 3 is 2.64 bits per heavy atom. The molecule has 2 atom stereocenters. The molecule has 2 aliphatic heterocycles. The topological polar surface area (TPSA) is 210 Å². The fraction of sp³-hybridized carbons (Fsp3) is 0.250. The highest BCUT2D eigenvalue weighted by atomic mass is 32.2. The highest BCUT2D eigenvalue weighted by molar-refractivity contribution is 8.06. The Bertz CT molecular complexity index is 1260. The van der Waals surface area contributed by atoms with Crippen LogP contribution in [-0.4, -0.2) is 83.4 Å². The van der Waals surface area contributed by atoms with Crippen molar-refractivity contribution in [1.82, 2.24) is 25.4 Å². The summed E-state index contributed by atoms with van der Waals surface area (Å²) in [4.78, 5) is 43.2. The zero-order valence-electron chi connectivity index (χ0n) is 18.4. The molecule has 36 heavy (non-hydrogen) atoms. The molecular formula is C20H20N8O5S3. The molecule has 4 heterocycles. The molecule has 0 spiro atoms. The number of carbonyl (C=O) groups is 3. The number of hydrogen-bond donors (Lipinski definition) is 5. The van der Waals surface area contributed by atoms with Crippen molar-refractivity contribution in [1.29, 1.82) is 0 Å². The maximum absolute atomic E-state index is 12.9. The van der Waals surface area contributed by atoms with Crippen LogP contribution >= 0.6 is 35.3 Å². The van der Waals surface area contributed by atoms with Gasteiger partial charge in [0.1, 0.15) is 38.7 Å². The summed E-state index contributed by atoms with van der Waals surface area (Å²) in [6, 6.07) is 6.93. The molecule has 2 aliphatic rings. The first-order valence-electron chi connectivity index (χ1n) is 10.4. The fourth-order valence-electron chi connectivity index (χ4n) is 3.40. The van der Waals surface area contributed by atoms with Crippen molar-refractivity contribution in [3.8, 4) is 0 Å². The van der Waals surface area contributed by atoms with Crippen LogP contribution in [-0.2, 0) is 14.4 Å². The Morgan fingerprint density at radius 2 is 2.00 bits per heavy atom. The summed E-state index contributed by atoms with van der Waals surface area (Å²) < 4.78 is 0. The number of thioether (sulfide) groups is 3. The second-order valence-corrected chi connectivity index (χ2v) is 10.6. The molecule has 188 valence electrons. The van der Waals surface area contributed by atoms with E-state index >= 15 is 0 Å². The number of amides is 2. The van der Waals surface area contributed by atoms with Crippen LogP contribution in [0, 0.1) is 0 Å². The number of rotatable bonds is 9. The maximum Gasteiger partial charge on any atom is 0.353 e. The molecule has 0 aliphatic carbocycles. The Labute approximate surface area is 217 Å². The van der Waals surface area contributed by atoms with Gasteiger partial charge >= 0.3 is 5.97 Å². The lowest BCUT2D eigenvalue weighted by Crippen LogP contribution is -2.71. The van der Waals surface area contributed by atoms with Gasteiger partial charge in [-0.05, 0) is 24.3 Å². The van der Waals surface area contributed by atoms with Crippen molar-refractivity contribution in [2.24, 2.45) is 10.9 Å². The number of carboxylic acid groups (broad SMARTS) is 1. The third-order valence-electron chi connectivity index (χ3n) is 4.96. The summed E-state index contributed by atoms with van der Waals surface area (Å²) in [7, 11) is 0. The highest BCUT2D eigenvalue weighted by Crippen LogP contribution is 2.44. The number of carboxylic acids is 1. The van der Waals surface area contributed by atoms with Crippen molar-refractivity contribution >= 4 is 64.6 Å². The number of carbonyl (C=O) groups excluding carboxylic acids is 2. The number of nitrogens with two attached hydrogens (primary N) is 2. The third kappa shape index (κ3) is 5.25. The fourth-order valence-corrected chi connectivity index (χ4v) is 6.38. The zero-order chi connectivity index (χ0) is 25.8. The van der Waals surface area contributed by atoms with E-state index in [0.717, 1.165) is 16.7 Å². The van der Waals surface area contributed by atoms with E-state index < -0.39 is 34.9 Å². The molecule has 7 N–H and O–H groups in total. The molecule has 1 fully saturated rings. The first-order valence-corrected chi connectivity index (χ1v) is 13.2. The van der Waals surface area contributed by atoms with Crippen LogP contribution < -0.4 is 16.8 Å². The van der Waals surface area contributed by atoms with Crippen molar-refractivity contribution in [2.45, 2.75) is 21.5 Å². The van der Waals surface area contributed by atoms with Crippen LogP contribution in [0.3, 0.4) is 0 Å². The number of pyridine rings is 1. The smallest absolute Gasteiger partial charge is 0.353 e. The lowest BCUT2D eigenvalue weighted by atomic mass is 10.0. The summed E-state index contributed by atoms with van der Waals surface area (Å²) in [5.74, 6) is -1.64. The Kier molecular flexibility index (Phi) is 7.97. The molecule has 2 amide bonds. The average Bonchev–Trinajstić information content (AvgIpc) is 2.87. The van der Waals surface area contributed by atoms with Crippen molar-refractivity contribution in [3.05, 3.63) is 46.6 Å². The summed E-state index contributed by atoms with van der Waals surface area (Å²) in [6.07, 6.45) is 0.